The van der Waals surface area contributed by atoms with Crippen molar-refractivity contribution in [1.29, 1.82) is 0 Å². The third kappa shape index (κ3) is 3.31. The van der Waals surface area contributed by atoms with E-state index in [1.807, 2.05) is 0 Å². The molecule has 2 aliphatic rings. The third-order valence-electron chi connectivity index (χ3n) is 5.51. The molecule has 0 radical (unpaired) electrons. The molecule has 0 aromatic carbocycles. The van der Waals surface area contributed by atoms with Crippen molar-refractivity contribution >= 4 is 5.91 Å². The van der Waals surface area contributed by atoms with E-state index in [0.717, 1.165) is 31.6 Å². The van der Waals surface area contributed by atoms with Crippen molar-refractivity contribution in [3.63, 3.8) is 0 Å². The molecule has 0 aromatic rings. The molecule has 0 aromatic heterocycles. The summed E-state index contributed by atoms with van der Waals surface area (Å²) in [4.78, 5) is 12.7. The summed E-state index contributed by atoms with van der Waals surface area (Å²) in [6.07, 6.45) is 10.2. The summed E-state index contributed by atoms with van der Waals surface area (Å²) >= 11 is 0. The molecular weight excluding hydrogens is 236 g/mol. The maximum absolute atomic E-state index is 12.7. The second-order valence-corrected chi connectivity index (χ2v) is 7.24. The average molecular weight is 266 g/mol. The highest BCUT2D eigenvalue weighted by atomic mass is 16.2. The minimum absolute atomic E-state index is 0.121. The summed E-state index contributed by atoms with van der Waals surface area (Å²) in [5, 5.41) is 3.35. The van der Waals surface area contributed by atoms with Crippen LogP contribution in [0.4, 0.5) is 0 Å². The Labute approximate surface area is 117 Å². The first-order valence-corrected chi connectivity index (χ1v) is 8.02. The molecule has 0 atom stereocenters. The molecule has 3 N–H and O–H groups in total. The second kappa shape index (κ2) is 5.82. The smallest absolute Gasteiger partial charge is 0.226 e. The summed E-state index contributed by atoms with van der Waals surface area (Å²) in [5.41, 5.74) is 5.72. The number of carbonyl (C=O) groups is 1. The molecule has 3 nitrogen and oxygen atoms in total. The lowest BCUT2D eigenvalue weighted by atomic mass is 9.72. The fourth-order valence-corrected chi connectivity index (χ4v) is 3.65. The van der Waals surface area contributed by atoms with E-state index in [1.165, 1.54) is 32.1 Å². The summed E-state index contributed by atoms with van der Waals surface area (Å²) in [6.45, 7) is 5.02. The number of nitrogens with one attached hydrogen (secondary N) is 1. The van der Waals surface area contributed by atoms with Crippen molar-refractivity contribution in [2.45, 2.75) is 77.2 Å². The van der Waals surface area contributed by atoms with Crippen LogP contribution in [0, 0.1) is 11.3 Å². The number of nitrogens with two attached hydrogens (primary N) is 1. The van der Waals surface area contributed by atoms with Gasteiger partial charge >= 0.3 is 0 Å². The van der Waals surface area contributed by atoms with Crippen molar-refractivity contribution in [2.24, 2.45) is 17.1 Å². The molecule has 0 bridgehead atoms. The highest BCUT2D eigenvalue weighted by molar-refractivity contribution is 5.83. The third-order valence-corrected chi connectivity index (χ3v) is 5.51. The van der Waals surface area contributed by atoms with E-state index in [-0.39, 0.29) is 16.9 Å². The SMILES string of the molecule is CC1CCC(CN)(NC(=O)C2(C)CCCCC2)CC1. The minimum atomic E-state index is -0.149. The maximum Gasteiger partial charge on any atom is 0.226 e. The van der Waals surface area contributed by atoms with Crippen LogP contribution in [0.1, 0.15) is 71.6 Å². The first kappa shape index (κ1) is 14.8. The Kier molecular flexibility index (Phi) is 4.54. The van der Waals surface area contributed by atoms with E-state index in [9.17, 15) is 4.79 Å². The summed E-state index contributed by atoms with van der Waals surface area (Å²) < 4.78 is 0. The van der Waals surface area contributed by atoms with E-state index >= 15 is 0 Å². The molecule has 2 rings (SSSR count). The van der Waals surface area contributed by atoms with Gasteiger partial charge < -0.3 is 11.1 Å². The van der Waals surface area contributed by atoms with Gasteiger partial charge in [0.05, 0.1) is 5.54 Å². The Balaban J connectivity index is 1.99. The van der Waals surface area contributed by atoms with E-state index in [2.05, 4.69) is 19.2 Å². The van der Waals surface area contributed by atoms with Crippen LogP contribution in [-0.4, -0.2) is 18.0 Å². The summed E-state index contributed by atoms with van der Waals surface area (Å²) in [6, 6.07) is 0. The Hall–Kier alpha value is -0.570. The van der Waals surface area contributed by atoms with Crippen LogP contribution in [0.15, 0.2) is 0 Å². The number of carbonyl (C=O) groups excluding carboxylic acids is 1. The molecule has 0 unspecified atom stereocenters. The molecule has 0 spiro atoms. The lowest BCUT2D eigenvalue weighted by Crippen LogP contribution is -2.58. The minimum Gasteiger partial charge on any atom is -0.349 e. The normalized spacial score (nSPS) is 34.8. The molecule has 3 heteroatoms. The molecule has 0 heterocycles. The number of hydrogen-bond donors (Lipinski definition) is 2. The van der Waals surface area contributed by atoms with Crippen LogP contribution >= 0.6 is 0 Å². The topological polar surface area (TPSA) is 55.1 Å². The van der Waals surface area contributed by atoms with Gasteiger partial charge in [-0.15, -0.1) is 0 Å². The zero-order valence-corrected chi connectivity index (χ0v) is 12.6. The predicted molar refractivity (Wildman–Crippen MR) is 78.8 cm³/mol. The predicted octanol–water partition coefficient (Wildman–Crippen LogP) is 2.98. The second-order valence-electron chi connectivity index (χ2n) is 7.24. The summed E-state index contributed by atoms with van der Waals surface area (Å²) in [7, 11) is 0. The molecule has 2 fully saturated rings. The number of amides is 1. The highest BCUT2D eigenvalue weighted by Crippen LogP contribution is 2.38. The Bertz CT molecular complexity index is 313. The van der Waals surface area contributed by atoms with Crippen LogP contribution in [-0.2, 0) is 4.79 Å². The lowest BCUT2D eigenvalue weighted by molar-refractivity contribution is -0.134. The van der Waals surface area contributed by atoms with Crippen LogP contribution in [0.3, 0.4) is 0 Å². The molecule has 0 saturated heterocycles. The van der Waals surface area contributed by atoms with Gasteiger partial charge in [0, 0.05) is 12.0 Å². The molecule has 0 aliphatic heterocycles. The molecule has 1 amide bonds. The van der Waals surface area contributed by atoms with Gasteiger partial charge in [0.15, 0.2) is 0 Å². The van der Waals surface area contributed by atoms with Gasteiger partial charge in [-0.25, -0.2) is 0 Å². The maximum atomic E-state index is 12.7. The van der Waals surface area contributed by atoms with Crippen molar-refractivity contribution in [3.8, 4) is 0 Å². The molecular formula is C16H30N2O. The van der Waals surface area contributed by atoms with E-state index in [0.29, 0.717) is 6.54 Å². The van der Waals surface area contributed by atoms with Gasteiger partial charge in [-0.05, 0) is 44.4 Å². The summed E-state index contributed by atoms with van der Waals surface area (Å²) in [5.74, 6) is 1.04. The van der Waals surface area contributed by atoms with Crippen molar-refractivity contribution in [3.05, 3.63) is 0 Å². The Morgan fingerprint density at radius 3 is 2.26 bits per heavy atom. The van der Waals surface area contributed by atoms with E-state index in [1.54, 1.807) is 0 Å². The van der Waals surface area contributed by atoms with Crippen LogP contribution in [0.25, 0.3) is 0 Å². The highest BCUT2D eigenvalue weighted by Gasteiger charge is 2.40. The molecule has 19 heavy (non-hydrogen) atoms. The fraction of sp³-hybridized carbons (Fsp3) is 0.938. The first-order valence-electron chi connectivity index (χ1n) is 8.02. The zero-order valence-electron chi connectivity index (χ0n) is 12.6. The van der Waals surface area contributed by atoms with Crippen LogP contribution in [0.2, 0.25) is 0 Å². The fourth-order valence-electron chi connectivity index (χ4n) is 3.65. The Morgan fingerprint density at radius 2 is 1.74 bits per heavy atom. The monoisotopic (exact) mass is 266 g/mol. The van der Waals surface area contributed by atoms with Crippen molar-refractivity contribution in [2.75, 3.05) is 6.54 Å². The van der Waals surface area contributed by atoms with E-state index in [4.69, 9.17) is 5.73 Å². The van der Waals surface area contributed by atoms with Gasteiger partial charge in [0.2, 0.25) is 5.91 Å². The van der Waals surface area contributed by atoms with Gasteiger partial charge in [-0.1, -0.05) is 33.1 Å². The molecule has 2 aliphatic carbocycles. The standard InChI is InChI=1S/C16H30N2O/c1-13-6-10-16(12-17,11-7-13)18-14(19)15(2)8-4-3-5-9-15/h13H,3-12,17H2,1-2H3,(H,18,19). The van der Waals surface area contributed by atoms with Gasteiger partial charge in [-0.3, -0.25) is 4.79 Å². The van der Waals surface area contributed by atoms with Crippen molar-refractivity contribution in [1.82, 2.24) is 5.32 Å². The van der Waals surface area contributed by atoms with Crippen molar-refractivity contribution < 1.29 is 4.79 Å². The average Bonchev–Trinajstić information content (AvgIpc) is 2.42. The van der Waals surface area contributed by atoms with Crippen LogP contribution in [0.5, 0.6) is 0 Å². The van der Waals surface area contributed by atoms with Gasteiger partial charge in [0.1, 0.15) is 0 Å². The Morgan fingerprint density at radius 1 is 1.16 bits per heavy atom. The molecule has 2 saturated carbocycles. The van der Waals surface area contributed by atoms with E-state index < -0.39 is 0 Å². The number of rotatable bonds is 3. The first-order chi connectivity index (χ1) is 9.00. The lowest BCUT2D eigenvalue weighted by Gasteiger charge is -2.42. The largest absolute Gasteiger partial charge is 0.349 e. The molecule has 110 valence electrons. The number of hydrogen-bond acceptors (Lipinski definition) is 2. The van der Waals surface area contributed by atoms with Gasteiger partial charge in [0.25, 0.3) is 0 Å². The zero-order chi connectivity index (χ0) is 13.9. The van der Waals surface area contributed by atoms with Gasteiger partial charge in [-0.2, -0.15) is 0 Å². The quantitative estimate of drug-likeness (QED) is 0.825. The van der Waals surface area contributed by atoms with Crippen LogP contribution < -0.4 is 11.1 Å².